The van der Waals surface area contributed by atoms with Gasteiger partial charge in [0.1, 0.15) is 64.7 Å². The lowest BCUT2D eigenvalue weighted by molar-refractivity contribution is -0.136. The quantitative estimate of drug-likeness (QED) is 0.0841. The number of alkyl carbamates (subject to hydrolysis) is 4. The first-order valence-corrected chi connectivity index (χ1v) is 29.9. The lowest BCUT2D eigenvalue weighted by Gasteiger charge is -2.29. The predicted molar refractivity (Wildman–Crippen MR) is 326 cm³/mol. The first-order chi connectivity index (χ1) is 41.1. The lowest BCUT2D eigenvalue weighted by atomic mass is 10.00. The highest BCUT2D eigenvalue weighted by Crippen LogP contribution is 2.14. The van der Waals surface area contributed by atoms with Crippen LogP contribution in [0.4, 0.5) is 19.2 Å². The number of rotatable bonds is 19. The molecule has 0 aromatic heterocycles. The molecule has 1 aliphatic heterocycles. The fraction of sp³-hybridized carbons (Fsp3) is 0.695. The SMILES string of the molecule is CC(C)C[C@@H]1NC(=O)[C@@H](Cc2ccccc2)NC(=O)[C@H](CCNC(=O)OC(C)(C)C)NC(=O)[C@@H](NC(=O)[C@@H](N)CCNC(=O)OC(C)(C)C)CCNC(=O)[C@H]([C@@H](C)O)NC(=O)[C@H](CCNC(=O)OC(C)(C)C)NC(=O)[C@H](CCNC(=O)OC(C)(C)C)NC1=O. The summed E-state index contributed by atoms with van der Waals surface area (Å²) in [6, 6.07) is -4.12. The molecule has 89 heavy (non-hydrogen) atoms. The zero-order chi connectivity index (χ0) is 67.6. The van der Waals surface area contributed by atoms with Crippen LogP contribution in [0.2, 0.25) is 0 Å². The molecule has 502 valence electrons. The number of hydrogen-bond acceptors (Lipinski definition) is 18. The maximum atomic E-state index is 14.8. The van der Waals surface area contributed by atoms with E-state index >= 15 is 0 Å². The van der Waals surface area contributed by atoms with Gasteiger partial charge in [0, 0.05) is 39.1 Å². The summed E-state index contributed by atoms with van der Waals surface area (Å²) in [5.41, 5.74) is 3.17. The molecule has 0 radical (unpaired) electrons. The van der Waals surface area contributed by atoms with Gasteiger partial charge < -0.3 is 93.6 Å². The van der Waals surface area contributed by atoms with Crippen molar-refractivity contribution in [2.75, 3.05) is 32.7 Å². The smallest absolute Gasteiger partial charge is 0.407 e. The molecule has 1 heterocycles. The van der Waals surface area contributed by atoms with Gasteiger partial charge in [0.2, 0.25) is 47.3 Å². The summed E-state index contributed by atoms with van der Waals surface area (Å²) >= 11 is 0. The highest BCUT2D eigenvalue weighted by atomic mass is 16.6. The van der Waals surface area contributed by atoms with E-state index in [0.29, 0.717) is 5.56 Å². The standard InChI is InChI=1S/C59H99N13O17/c1-33(2)31-41-49(79)69-38(23-28-63-53(83)87-57(7,8)9)46(76)68-40(25-30-65-55(85)89-59(13,14)15)48(78)72-43(34(3)73)51(81)61-27-22-37(66-44(74)36(60)21-26-62-52(82)86-56(4,5)6)45(75)67-39(24-29-64-54(84)88-58(10,11)12)47(77)71-42(50(80)70-41)32-35-19-17-16-18-20-35/h16-20,33-34,36-43,73H,21-32,60H2,1-15H3,(H,61,81)(H,62,82)(H,63,83)(H,64,84)(H,65,85)(H,66,74)(H,67,75)(H,68,76)(H,69,79)(H,70,80)(H,71,77)(H,72,78)/t34-,36+,37+,38+,39+,40+,41+,42-,43+/m1/s1. The highest BCUT2D eigenvalue weighted by Gasteiger charge is 2.37. The molecule has 1 fully saturated rings. The largest absolute Gasteiger partial charge is 0.444 e. The van der Waals surface area contributed by atoms with E-state index in [2.05, 4.69) is 63.8 Å². The fourth-order valence-corrected chi connectivity index (χ4v) is 8.26. The Hall–Kier alpha value is -8.02. The van der Waals surface area contributed by atoms with Crippen LogP contribution in [0.15, 0.2) is 30.3 Å². The van der Waals surface area contributed by atoms with Gasteiger partial charge in [-0.25, -0.2) is 19.2 Å². The summed E-state index contributed by atoms with van der Waals surface area (Å²) in [4.78, 5) is 166. The van der Waals surface area contributed by atoms with Crippen molar-refractivity contribution in [2.45, 2.75) is 226 Å². The molecular weight excluding hydrogens is 1160 g/mol. The fourth-order valence-electron chi connectivity index (χ4n) is 8.26. The van der Waals surface area contributed by atoms with E-state index in [1.807, 2.05) is 0 Å². The number of carbonyl (C=O) groups excluding carboxylic acids is 12. The van der Waals surface area contributed by atoms with Crippen molar-refractivity contribution in [3.05, 3.63) is 35.9 Å². The Labute approximate surface area is 521 Å². The van der Waals surface area contributed by atoms with Crippen molar-refractivity contribution in [3.8, 4) is 0 Å². The van der Waals surface area contributed by atoms with Crippen LogP contribution in [-0.2, 0) is 63.7 Å². The molecule has 0 saturated carbocycles. The van der Waals surface area contributed by atoms with Crippen molar-refractivity contribution in [2.24, 2.45) is 11.7 Å². The number of ether oxygens (including phenoxy) is 4. The van der Waals surface area contributed by atoms with Gasteiger partial charge in [-0.1, -0.05) is 44.2 Å². The molecule has 0 bridgehead atoms. The normalized spacial score (nSPS) is 21.5. The lowest BCUT2D eigenvalue weighted by Crippen LogP contribution is -2.61. The van der Waals surface area contributed by atoms with E-state index < -0.39 is 161 Å². The number of amides is 12. The van der Waals surface area contributed by atoms with Gasteiger partial charge in [0.05, 0.1) is 12.1 Å². The minimum absolute atomic E-state index is 0.0513. The number of aliphatic hydroxyl groups is 1. The Balaban J connectivity index is 2.91. The third kappa shape index (κ3) is 32.7. The predicted octanol–water partition coefficient (Wildman–Crippen LogP) is 0.556. The molecule has 0 unspecified atom stereocenters. The summed E-state index contributed by atoms with van der Waals surface area (Å²) in [6.45, 7) is 22.7. The molecule has 30 nitrogen and oxygen atoms in total. The summed E-state index contributed by atoms with van der Waals surface area (Å²) in [5.74, 6) is -8.17. The number of hydrogen-bond donors (Lipinski definition) is 14. The summed E-state index contributed by atoms with van der Waals surface area (Å²) in [6.07, 6.45) is -6.99. The molecule has 0 spiro atoms. The number of nitrogens with two attached hydrogens (primary N) is 1. The van der Waals surface area contributed by atoms with E-state index in [0.717, 1.165) is 0 Å². The number of carbonyl (C=O) groups is 12. The second-order valence-corrected chi connectivity index (χ2v) is 26.0. The monoisotopic (exact) mass is 1260 g/mol. The van der Waals surface area contributed by atoms with Crippen molar-refractivity contribution in [1.29, 1.82) is 0 Å². The van der Waals surface area contributed by atoms with E-state index in [-0.39, 0.29) is 70.6 Å². The van der Waals surface area contributed by atoms with Gasteiger partial charge in [0.15, 0.2) is 0 Å². The van der Waals surface area contributed by atoms with Crippen LogP contribution in [0, 0.1) is 5.92 Å². The van der Waals surface area contributed by atoms with Crippen molar-refractivity contribution in [3.63, 3.8) is 0 Å². The molecule has 1 aliphatic rings. The van der Waals surface area contributed by atoms with Gasteiger partial charge in [-0.05, 0) is 140 Å². The first kappa shape index (κ1) is 77.1. The third-order valence-corrected chi connectivity index (χ3v) is 12.3. The van der Waals surface area contributed by atoms with Crippen molar-refractivity contribution >= 4 is 71.6 Å². The van der Waals surface area contributed by atoms with Crippen molar-refractivity contribution in [1.82, 2.24) is 63.8 Å². The first-order valence-electron chi connectivity index (χ1n) is 29.9. The molecule has 2 rings (SSSR count). The van der Waals surface area contributed by atoms with Crippen LogP contribution in [0.25, 0.3) is 0 Å². The van der Waals surface area contributed by atoms with Crippen LogP contribution >= 0.6 is 0 Å². The maximum Gasteiger partial charge on any atom is 0.407 e. The molecule has 1 saturated heterocycles. The van der Waals surface area contributed by atoms with E-state index in [4.69, 9.17) is 24.7 Å². The molecule has 1 aromatic rings. The van der Waals surface area contributed by atoms with E-state index in [1.54, 1.807) is 127 Å². The van der Waals surface area contributed by atoms with Crippen LogP contribution in [0.5, 0.6) is 0 Å². The number of aliphatic hydroxyl groups excluding tert-OH is 1. The minimum atomic E-state index is -1.78. The molecule has 30 heteroatoms. The zero-order valence-electron chi connectivity index (χ0n) is 54.2. The average Bonchev–Trinajstić information content (AvgIpc) is 3.55. The van der Waals surface area contributed by atoms with Gasteiger partial charge in [-0.2, -0.15) is 0 Å². The summed E-state index contributed by atoms with van der Waals surface area (Å²) in [5, 5.41) is 41.7. The minimum Gasteiger partial charge on any atom is -0.444 e. The van der Waals surface area contributed by atoms with Gasteiger partial charge >= 0.3 is 24.4 Å². The summed E-state index contributed by atoms with van der Waals surface area (Å²) < 4.78 is 21.3. The Kier molecular flexibility index (Phi) is 31.0. The molecule has 9 atom stereocenters. The van der Waals surface area contributed by atoms with Crippen LogP contribution in [0.1, 0.15) is 148 Å². The molecule has 12 amide bonds. The third-order valence-electron chi connectivity index (χ3n) is 12.3. The van der Waals surface area contributed by atoms with Crippen LogP contribution in [-0.4, -0.2) is 186 Å². The topological polar surface area (TPSA) is 432 Å². The summed E-state index contributed by atoms with van der Waals surface area (Å²) in [7, 11) is 0. The van der Waals surface area contributed by atoms with Crippen LogP contribution in [0.3, 0.4) is 0 Å². The Morgan fingerprint density at radius 3 is 1.28 bits per heavy atom. The molecule has 0 aliphatic carbocycles. The molecule has 1 aromatic carbocycles. The average molecular weight is 1260 g/mol. The molecule has 15 N–H and O–H groups in total. The molecular formula is C59H99N13O17. The van der Waals surface area contributed by atoms with Crippen LogP contribution < -0.4 is 69.5 Å². The Morgan fingerprint density at radius 1 is 0.517 bits per heavy atom. The zero-order valence-corrected chi connectivity index (χ0v) is 54.2. The second-order valence-electron chi connectivity index (χ2n) is 26.0. The van der Waals surface area contributed by atoms with Gasteiger partial charge in [-0.3, -0.25) is 38.4 Å². The number of benzene rings is 1. The highest BCUT2D eigenvalue weighted by molar-refractivity contribution is 5.98. The Bertz CT molecular complexity index is 2560. The van der Waals surface area contributed by atoms with E-state index in [9.17, 15) is 62.6 Å². The van der Waals surface area contributed by atoms with Gasteiger partial charge in [-0.15, -0.1) is 0 Å². The second kappa shape index (κ2) is 35.8. The van der Waals surface area contributed by atoms with Gasteiger partial charge in [0.25, 0.3) is 0 Å². The van der Waals surface area contributed by atoms with E-state index in [1.165, 1.54) is 6.92 Å². The maximum absolute atomic E-state index is 14.8. The van der Waals surface area contributed by atoms with Crippen molar-refractivity contribution < 1.29 is 81.6 Å². The number of nitrogens with one attached hydrogen (secondary N) is 12. The Morgan fingerprint density at radius 2 is 0.876 bits per heavy atom.